The van der Waals surface area contributed by atoms with Gasteiger partial charge in [0.05, 0.1) is 0 Å². The maximum atomic E-state index is 4.39. The minimum Gasteiger partial charge on any atom is -0.270 e. The molecular weight excluding hydrogens is 358 g/mol. The van der Waals surface area contributed by atoms with Crippen LogP contribution in [0.1, 0.15) is 0 Å². The van der Waals surface area contributed by atoms with Crippen molar-refractivity contribution in [3.63, 3.8) is 0 Å². The van der Waals surface area contributed by atoms with E-state index in [0.717, 1.165) is 32.5 Å². The maximum Gasteiger partial charge on any atom is 0.196 e. The summed E-state index contributed by atoms with van der Waals surface area (Å²) in [4.78, 5) is 0. The Balaban J connectivity index is 2.12. The van der Waals surface area contributed by atoms with E-state index in [1.165, 1.54) is 0 Å². The van der Waals surface area contributed by atoms with E-state index in [2.05, 4.69) is 49.4 Å². The molecule has 0 saturated heterocycles. The first kappa shape index (κ1) is 15.1. The SMILES string of the molecule is C=CCSc1nnc(-c2ccc(Br)cc2)n1-c1ccccc1. The van der Waals surface area contributed by atoms with Gasteiger partial charge in [-0.1, -0.05) is 64.1 Å². The quantitative estimate of drug-likeness (QED) is 0.468. The van der Waals surface area contributed by atoms with Crippen molar-refractivity contribution < 1.29 is 0 Å². The highest BCUT2D eigenvalue weighted by molar-refractivity contribution is 9.10. The van der Waals surface area contributed by atoms with Crippen molar-refractivity contribution in [1.29, 1.82) is 0 Å². The van der Waals surface area contributed by atoms with Crippen molar-refractivity contribution in [3.8, 4) is 17.1 Å². The third-order valence-corrected chi connectivity index (χ3v) is 4.53. The van der Waals surface area contributed by atoms with Gasteiger partial charge >= 0.3 is 0 Å². The standard InChI is InChI=1S/C17H14BrN3S/c1-2-12-22-17-20-19-16(13-8-10-14(18)11-9-13)21(17)15-6-4-3-5-7-15/h2-11H,1,12H2. The van der Waals surface area contributed by atoms with Gasteiger partial charge in [-0.3, -0.25) is 4.57 Å². The van der Waals surface area contributed by atoms with Crippen molar-refractivity contribution in [2.24, 2.45) is 0 Å². The smallest absolute Gasteiger partial charge is 0.196 e. The molecule has 0 N–H and O–H groups in total. The first-order chi connectivity index (χ1) is 10.8. The van der Waals surface area contributed by atoms with Crippen molar-refractivity contribution in [3.05, 3.63) is 71.7 Å². The van der Waals surface area contributed by atoms with Crippen LogP contribution in [0.4, 0.5) is 0 Å². The molecule has 0 atom stereocenters. The van der Waals surface area contributed by atoms with Gasteiger partial charge in [0, 0.05) is 21.5 Å². The fraction of sp³-hybridized carbons (Fsp3) is 0.0588. The Morgan fingerprint density at radius 1 is 1.05 bits per heavy atom. The zero-order valence-corrected chi connectivity index (χ0v) is 14.2. The van der Waals surface area contributed by atoms with Crippen LogP contribution in [0.3, 0.4) is 0 Å². The summed E-state index contributed by atoms with van der Waals surface area (Å²) in [6.07, 6.45) is 1.87. The van der Waals surface area contributed by atoms with E-state index in [0.29, 0.717) is 0 Å². The Labute approximate surface area is 142 Å². The van der Waals surface area contributed by atoms with Crippen LogP contribution in [0.2, 0.25) is 0 Å². The molecule has 110 valence electrons. The predicted molar refractivity (Wildman–Crippen MR) is 95.4 cm³/mol. The highest BCUT2D eigenvalue weighted by atomic mass is 79.9. The molecule has 0 unspecified atom stereocenters. The molecule has 0 amide bonds. The van der Waals surface area contributed by atoms with Crippen molar-refractivity contribution in [1.82, 2.24) is 14.8 Å². The average molecular weight is 372 g/mol. The van der Waals surface area contributed by atoms with Crippen LogP contribution >= 0.6 is 27.7 Å². The molecule has 2 aromatic carbocycles. The second-order valence-corrected chi connectivity index (χ2v) is 6.49. The second kappa shape index (κ2) is 6.94. The second-order valence-electron chi connectivity index (χ2n) is 4.58. The lowest BCUT2D eigenvalue weighted by atomic mass is 10.2. The Hall–Kier alpha value is -1.85. The minimum atomic E-state index is 0.797. The molecular formula is C17H14BrN3S. The molecule has 0 radical (unpaired) electrons. The molecule has 0 aliphatic carbocycles. The lowest BCUT2D eigenvalue weighted by molar-refractivity contribution is 0.888. The van der Waals surface area contributed by atoms with Gasteiger partial charge in [-0.2, -0.15) is 0 Å². The van der Waals surface area contributed by atoms with E-state index in [1.807, 2.05) is 48.5 Å². The highest BCUT2D eigenvalue weighted by Gasteiger charge is 2.15. The van der Waals surface area contributed by atoms with Gasteiger partial charge in [0.15, 0.2) is 11.0 Å². The zero-order valence-electron chi connectivity index (χ0n) is 11.8. The van der Waals surface area contributed by atoms with Gasteiger partial charge in [-0.05, 0) is 24.3 Å². The Kier molecular flexibility index (Phi) is 4.75. The first-order valence-corrected chi connectivity index (χ1v) is 8.58. The lowest BCUT2D eigenvalue weighted by Crippen LogP contribution is -1.99. The van der Waals surface area contributed by atoms with E-state index in [4.69, 9.17) is 0 Å². The summed E-state index contributed by atoms with van der Waals surface area (Å²) in [6, 6.07) is 18.2. The largest absolute Gasteiger partial charge is 0.270 e. The van der Waals surface area contributed by atoms with E-state index in [-0.39, 0.29) is 0 Å². The number of hydrogen-bond donors (Lipinski definition) is 0. The van der Waals surface area contributed by atoms with E-state index >= 15 is 0 Å². The molecule has 1 heterocycles. The molecule has 3 nitrogen and oxygen atoms in total. The van der Waals surface area contributed by atoms with Crippen LogP contribution in [-0.2, 0) is 0 Å². The van der Waals surface area contributed by atoms with Gasteiger partial charge in [0.1, 0.15) is 0 Å². The van der Waals surface area contributed by atoms with E-state index < -0.39 is 0 Å². The maximum absolute atomic E-state index is 4.39. The van der Waals surface area contributed by atoms with Crippen molar-refractivity contribution in [2.75, 3.05) is 5.75 Å². The normalized spacial score (nSPS) is 10.6. The van der Waals surface area contributed by atoms with Gasteiger partial charge in [-0.15, -0.1) is 16.8 Å². The molecule has 22 heavy (non-hydrogen) atoms. The number of aromatic nitrogens is 3. The van der Waals surface area contributed by atoms with Crippen molar-refractivity contribution >= 4 is 27.7 Å². The number of halogens is 1. The number of nitrogens with zero attached hydrogens (tertiary/aromatic N) is 3. The Morgan fingerprint density at radius 2 is 1.77 bits per heavy atom. The van der Waals surface area contributed by atoms with Gasteiger partial charge in [0.25, 0.3) is 0 Å². The topological polar surface area (TPSA) is 30.7 Å². The number of rotatable bonds is 5. The van der Waals surface area contributed by atoms with Crippen molar-refractivity contribution in [2.45, 2.75) is 5.16 Å². The fourth-order valence-electron chi connectivity index (χ4n) is 2.09. The van der Waals surface area contributed by atoms with Gasteiger partial charge in [0.2, 0.25) is 0 Å². The fourth-order valence-corrected chi connectivity index (χ4v) is 3.04. The molecule has 3 aromatic rings. The highest BCUT2D eigenvalue weighted by Crippen LogP contribution is 2.28. The zero-order chi connectivity index (χ0) is 15.4. The molecule has 0 bridgehead atoms. The number of hydrogen-bond acceptors (Lipinski definition) is 3. The molecule has 5 heteroatoms. The summed E-state index contributed by atoms with van der Waals surface area (Å²) in [5.41, 5.74) is 2.09. The number of thioether (sulfide) groups is 1. The summed E-state index contributed by atoms with van der Waals surface area (Å²) in [6.45, 7) is 3.77. The van der Waals surface area contributed by atoms with E-state index in [9.17, 15) is 0 Å². The third-order valence-electron chi connectivity index (χ3n) is 3.08. The predicted octanol–water partition coefficient (Wildman–Crippen LogP) is 4.97. The van der Waals surface area contributed by atoms with Crippen LogP contribution in [0.25, 0.3) is 17.1 Å². The Bertz CT molecular complexity index is 766. The summed E-state index contributed by atoms with van der Waals surface area (Å²) >= 11 is 5.09. The first-order valence-electron chi connectivity index (χ1n) is 6.80. The minimum absolute atomic E-state index is 0.797. The van der Waals surface area contributed by atoms with E-state index in [1.54, 1.807) is 11.8 Å². The summed E-state index contributed by atoms with van der Waals surface area (Å²) in [7, 11) is 0. The van der Waals surface area contributed by atoms with Crippen LogP contribution in [0.5, 0.6) is 0 Å². The summed E-state index contributed by atoms with van der Waals surface area (Å²) < 4.78 is 3.13. The Morgan fingerprint density at radius 3 is 2.45 bits per heavy atom. The van der Waals surface area contributed by atoms with Crippen LogP contribution in [0.15, 0.2) is 76.9 Å². The number of benzene rings is 2. The third kappa shape index (κ3) is 3.15. The van der Waals surface area contributed by atoms with Gasteiger partial charge in [-0.25, -0.2) is 0 Å². The summed E-state index contributed by atoms with van der Waals surface area (Å²) in [5, 5.41) is 9.60. The summed E-state index contributed by atoms with van der Waals surface area (Å²) in [5.74, 6) is 1.64. The molecule has 0 fully saturated rings. The molecule has 0 aliphatic rings. The monoisotopic (exact) mass is 371 g/mol. The molecule has 3 rings (SSSR count). The van der Waals surface area contributed by atoms with Crippen LogP contribution < -0.4 is 0 Å². The molecule has 1 aromatic heterocycles. The number of para-hydroxylation sites is 1. The van der Waals surface area contributed by atoms with Crippen LogP contribution in [0, 0.1) is 0 Å². The average Bonchev–Trinajstić information content (AvgIpc) is 2.98. The van der Waals surface area contributed by atoms with Crippen LogP contribution in [-0.4, -0.2) is 20.5 Å². The molecule has 0 spiro atoms. The molecule has 0 aliphatic heterocycles. The molecule has 0 saturated carbocycles. The van der Waals surface area contributed by atoms with Gasteiger partial charge < -0.3 is 0 Å². The lowest BCUT2D eigenvalue weighted by Gasteiger charge is -2.09.